The summed E-state index contributed by atoms with van der Waals surface area (Å²) >= 11 is 0. The zero-order valence-electron chi connectivity index (χ0n) is 7.59. The Morgan fingerprint density at radius 3 is 2.80 bits per heavy atom. The first kappa shape index (κ1) is 11.5. The molecular formula is C7H7F3N2O3. The lowest BCUT2D eigenvalue weighted by Gasteiger charge is -2.06. The number of hydrogen-bond donors (Lipinski definition) is 1. The standard InChI is InChI=1S/C7H7F3N2O3/c1-4-2-5(15-11-4)6(13)12-14-3-7(8,9)10/h2H,3H2,1H3,(H,12,13). The summed E-state index contributed by atoms with van der Waals surface area (Å²) in [6, 6.07) is 1.27. The molecule has 1 amide bonds. The third-order valence-electron chi connectivity index (χ3n) is 1.25. The minimum atomic E-state index is -4.50. The Morgan fingerprint density at radius 1 is 1.67 bits per heavy atom. The van der Waals surface area contributed by atoms with Crippen molar-refractivity contribution >= 4 is 5.91 Å². The van der Waals surface area contributed by atoms with Gasteiger partial charge in [0, 0.05) is 6.07 Å². The van der Waals surface area contributed by atoms with E-state index in [1.54, 1.807) is 12.4 Å². The van der Waals surface area contributed by atoms with Crippen molar-refractivity contribution in [1.82, 2.24) is 10.6 Å². The number of nitrogens with one attached hydrogen (secondary N) is 1. The van der Waals surface area contributed by atoms with E-state index in [-0.39, 0.29) is 5.76 Å². The van der Waals surface area contributed by atoms with Gasteiger partial charge in [0.15, 0.2) is 6.61 Å². The van der Waals surface area contributed by atoms with Crippen LogP contribution in [0.1, 0.15) is 16.2 Å². The van der Waals surface area contributed by atoms with Crippen molar-refractivity contribution in [3.05, 3.63) is 17.5 Å². The topological polar surface area (TPSA) is 64.4 Å². The number of nitrogens with zero attached hydrogens (tertiary/aromatic N) is 1. The van der Waals surface area contributed by atoms with E-state index >= 15 is 0 Å². The fourth-order valence-electron chi connectivity index (χ4n) is 0.704. The van der Waals surface area contributed by atoms with E-state index in [0.717, 1.165) is 0 Å². The molecule has 8 heteroatoms. The van der Waals surface area contributed by atoms with Crippen LogP contribution in [-0.4, -0.2) is 23.8 Å². The monoisotopic (exact) mass is 224 g/mol. The molecule has 0 fully saturated rings. The summed E-state index contributed by atoms with van der Waals surface area (Å²) in [6.07, 6.45) is -4.50. The van der Waals surface area contributed by atoms with Crippen LogP contribution >= 0.6 is 0 Å². The van der Waals surface area contributed by atoms with Crippen LogP contribution < -0.4 is 5.48 Å². The molecule has 0 saturated carbocycles. The molecule has 0 bridgehead atoms. The summed E-state index contributed by atoms with van der Waals surface area (Å²) in [6.45, 7) is 0.00269. The highest BCUT2D eigenvalue weighted by atomic mass is 19.4. The van der Waals surface area contributed by atoms with Gasteiger partial charge in [-0.3, -0.25) is 9.63 Å². The number of halogens is 3. The van der Waals surface area contributed by atoms with Crippen LogP contribution in [0.15, 0.2) is 10.6 Å². The van der Waals surface area contributed by atoms with Crippen LogP contribution in [0.3, 0.4) is 0 Å². The predicted molar refractivity (Wildman–Crippen MR) is 40.7 cm³/mol. The van der Waals surface area contributed by atoms with Crippen LogP contribution in [0.25, 0.3) is 0 Å². The molecule has 15 heavy (non-hydrogen) atoms. The van der Waals surface area contributed by atoms with Crippen molar-refractivity contribution in [1.29, 1.82) is 0 Å². The Kier molecular flexibility index (Phi) is 3.30. The Bertz CT molecular complexity index is 347. The molecule has 0 aliphatic rings. The summed E-state index contributed by atoms with van der Waals surface area (Å²) in [5.41, 5.74) is 2.02. The van der Waals surface area contributed by atoms with Gasteiger partial charge in [-0.15, -0.1) is 0 Å². The van der Waals surface area contributed by atoms with Gasteiger partial charge in [0.05, 0.1) is 5.69 Å². The number of carbonyl (C=O) groups excluding carboxylic acids is 1. The van der Waals surface area contributed by atoms with Crippen molar-refractivity contribution < 1.29 is 27.3 Å². The van der Waals surface area contributed by atoms with Crippen LogP contribution in [0.5, 0.6) is 0 Å². The third kappa shape index (κ3) is 3.98. The second kappa shape index (κ2) is 4.30. The van der Waals surface area contributed by atoms with E-state index in [9.17, 15) is 18.0 Å². The number of carbonyl (C=O) groups is 1. The van der Waals surface area contributed by atoms with Crippen molar-refractivity contribution in [3.8, 4) is 0 Å². The van der Waals surface area contributed by atoms with Gasteiger partial charge in [-0.25, -0.2) is 5.48 Å². The smallest absolute Gasteiger partial charge is 0.351 e. The molecule has 1 aromatic rings. The largest absolute Gasteiger partial charge is 0.414 e. The molecule has 5 nitrogen and oxygen atoms in total. The molecule has 84 valence electrons. The molecule has 1 heterocycles. The maximum absolute atomic E-state index is 11.6. The number of hydrogen-bond acceptors (Lipinski definition) is 4. The van der Waals surface area contributed by atoms with Crippen molar-refractivity contribution in [3.63, 3.8) is 0 Å². The molecule has 0 atom stereocenters. The number of hydroxylamine groups is 1. The summed E-state index contributed by atoms with van der Waals surface area (Å²) in [4.78, 5) is 14.9. The summed E-state index contributed by atoms with van der Waals surface area (Å²) in [5.74, 6) is -1.13. The van der Waals surface area contributed by atoms with E-state index < -0.39 is 18.7 Å². The Balaban J connectivity index is 2.37. The van der Waals surface area contributed by atoms with Gasteiger partial charge in [-0.05, 0) is 6.92 Å². The molecule has 0 saturated heterocycles. The average molecular weight is 224 g/mol. The van der Waals surface area contributed by atoms with Gasteiger partial charge < -0.3 is 4.52 Å². The molecule has 0 aliphatic heterocycles. The van der Waals surface area contributed by atoms with E-state index in [2.05, 4.69) is 14.5 Å². The summed E-state index contributed by atoms with van der Waals surface area (Å²) in [7, 11) is 0. The van der Waals surface area contributed by atoms with Crippen LogP contribution in [0, 0.1) is 6.92 Å². The highest BCUT2D eigenvalue weighted by molar-refractivity contribution is 5.90. The lowest BCUT2D eigenvalue weighted by molar-refractivity contribution is -0.184. The van der Waals surface area contributed by atoms with Gasteiger partial charge in [0.1, 0.15) is 0 Å². The number of alkyl halides is 3. The summed E-state index contributed by atoms with van der Waals surface area (Å²) in [5, 5.41) is 3.38. The fourth-order valence-corrected chi connectivity index (χ4v) is 0.704. The highest BCUT2D eigenvalue weighted by Crippen LogP contribution is 2.13. The van der Waals surface area contributed by atoms with Crippen molar-refractivity contribution in [2.24, 2.45) is 0 Å². The molecule has 0 aliphatic carbocycles. The van der Waals surface area contributed by atoms with Crippen molar-refractivity contribution in [2.75, 3.05) is 6.61 Å². The Morgan fingerprint density at radius 2 is 2.33 bits per heavy atom. The van der Waals surface area contributed by atoms with Gasteiger partial charge in [0.25, 0.3) is 0 Å². The maximum atomic E-state index is 11.6. The van der Waals surface area contributed by atoms with Crippen LogP contribution in [0.4, 0.5) is 13.2 Å². The van der Waals surface area contributed by atoms with Gasteiger partial charge >= 0.3 is 12.1 Å². The normalized spacial score (nSPS) is 11.5. The number of aromatic nitrogens is 1. The first-order chi connectivity index (χ1) is 6.88. The average Bonchev–Trinajstić information content (AvgIpc) is 2.49. The zero-order valence-corrected chi connectivity index (χ0v) is 7.59. The highest BCUT2D eigenvalue weighted by Gasteiger charge is 2.28. The molecule has 0 spiro atoms. The Hall–Kier alpha value is -1.57. The number of rotatable bonds is 3. The molecule has 0 aromatic carbocycles. The fraction of sp³-hybridized carbons (Fsp3) is 0.429. The maximum Gasteiger partial charge on any atom is 0.414 e. The number of amides is 1. The first-order valence-corrected chi connectivity index (χ1v) is 3.81. The number of aryl methyl sites for hydroxylation is 1. The lowest BCUT2D eigenvalue weighted by Crippen LogP contribution is -2.29. The zero-order chi connectivity index (χ0) is 11.5. The molecule has 1 aromatic heterocycles. The SMILES string of the molecule is Cc1cc(C(=O)NOCC(F)(F)F)on1. The van der Waals surface area contributed by atoms with Crippen molar-refractivity contribution in [2.45, 2.75) is 13.1 Å². The molecular weight excluding hydrogens is 217 g/mol. The second-order valence-electron chi connectivity index (χ2n) is 2.67. The molecule has 0 radical (unpaired) electrons. The summed E-state index contributed by atoms with van der Waals surface area (Å²) < 4.78 is 39.3. The lowest BCUT2D eigenvalue weighted by atomic mass is 10.4. The third-order valence-corrected chi connectivity index (χ3v) is 1.25. The quantitative estimate of drug-likeness (QED) is 0.783. The van der Waals surface area contributed by atoms with Crippen LogP contribution in [0.2, 0.25) is 0 Å². The molecule has 0 unspecified atom stereocenters. The van der Waals surface area contributed by atoms with Gasteiger partial charge in [0.2, 0.25) is 5.76 Å². The Labute approximate surface area is 82.1 Å². The minimum Gasteiger partial charge on any atom is -0.351 e. The van der Waals surface area contributed by atoms with Gasteiger partial charge in [-0.1, -0.05) is 5.16 Å². The minimum absolute atomic E-state index is 0.213. The predicted octanol–water partition coefficient (Wildman–Crippen LogP) is 1.21. The van der Waals surface area contributed by atoms with Gasteiger partial charge in [-0.2, -0.15) is 13.2 Å². The van der Waals surface area contributed by atoms with E-state index in [0.29, 0.717) is 5.69 Å². The molecule has 1 rings (SSSR count). The van der Waals surface area contributed by atoms with Crippen LogP contribution in [-0.2, 0) is 4.84 Å². The first-order valence-electron chi connectivity index (χ1n) is 3.81. The van der Waals surface area contributed by atoms with E-state index in [1.807, 2.05) is 0 Å². The molecule has 1 N–H and O–H groups in total. The second-order valence-corrected chi connectivity index (χ2v) is 2.67. The van der Waals surface area contributed by atoms with E-state index in [1.165, 1.54) is 6.07 Å². The van der Waals surface area contributed by atoms with E-state index in [4.69, 9.17) is 0 Å².